The summed E-state index contributed by atoms with van der Waals surface area (Å²) in [6, 6.07) is 0. The van der Waals surface area contributed by atoms with Crippen molar-refractivity contribution >= 4 is 0 Å². The van der Waals surface area contributed by atoms with Crippen LogP contribution in [0.25, 0.3) is 0 Å². The fourth-order valence-corrected chi connectivity index (χ4v) is 1.87. The topological polar surface area (TPSA) is 46.2 Å². The maximum absolute atomic E-state index is 10.2. The number of hydrogen-bond donors (Lipinski definition) is 2. The first kappa shape index (κ1) is 11.9. The monoisotopic (exact) mass is 173 g/mol. The van der Waals surface area contributed by atoms with Crippen molar-refractivity contribution in [3.63, 3.8) is 0 Å². The van der Waals surface area contributed by atoms with E-state index in [0.717, 1.165) is 12.8 Å². The van der Waals surface area contributed by atoms with Gasteiger partial charge in [0.1, 0.15) is 0 Å². The van der Waals surface area contributed by atoms with Crippen LogP contribution in [0.5, 0.6) is 0 Å². The Balaban J connectivity index is 4.47. The van der Waals surface area contributed by atoms with E-state index in [0.29, 0.717) is 12.5 Å². The lowest BCUT2D eigenvalue weighted by Crippen LogP contribution is -2.49. The van der Waals surface area contributed by atoms with Crippen LogP contribution in [0.1, 0.15) is 40.5 Å². The minimum absolute atomic E-state index is 0.243. The van der Waals surface area contributed by atoms with Crippen molar-refractivity contribution in [2.45, 2.75) is 46.1 Å². The second-order valence-corrected chi connectivity index (χ2v) is 3.86. The molecule has 3 N–H and O–H groups in total. The molecule has 0 saturated carbocycles. The highest BCUT2D eigenvalue weighted by Crippen LogP contribution is 2.29. The van der Waals surface area contributed by atoms with Crippen molar-refractivity contribution in [3.05, 3.63) is 0 Å². The van der Waals surface area contributed by atoms with Crippen LogP contribution in [0.3, 0.4) is 0 Å². The zero-order chi connectivity index (χ0) is 9.78. The first-order valence-corrected chi connectivity index (χ1v) is 4.95. The fraction of sp³-hybridized carbons (Fsp3) is 1.00. The molecule has 0 fully saturated rings. The van der Waals surface area contributed by atoms with E-state index in [-0.39, 0.29) is 5.92 Å². The summed E-state index contributed by atoms with van der Waals surface area (Å²) < 4.78 is 0. The summed E-state index contributed by atoms with van der Waals surface area (Å²) in [5.74, 6) is 0.579. The van der Waals surface area contributed by atoms with Crippen molar-refractivity contribution in [2.75, 3.05) is 6.54 Å². The zero-order valence-electron chi connectivity index (χ0n) is 8.80. The van der Waals surface area contributed by atoms with Gasteiger partial charge in [-0.25, -0.2) is 0 Å². The van der Waals surface area contributed by atoms with Crippen molar-refractivity contribution < 1.29 is 5.11 Å². The van der Waals surface area contributed by atoms with Gasteiger partial charge in [0.15, 0.2) is 0 Å². The second-order valence-electron chi connectivity index (χ2n) is 3.86. The highest BCUT2D eigenvalue weighted by Gasteiger charge is 2.35. The third-order valence-electron chi connectivity index (χ3n) is 3.02. The average Bonchev–Trinajstić information content (AvgIpc) is 2.05. The van der Waals surface area contributed by atoms with Gasteiger partial charge >= 0.3 is 0 Å². The molecule has 0 rings (SSSR count). The smallest absolute Gasteiger partial charge is 0.0819 e. The molecule has 1 atom stereocenters. The van der Waals surface area contributed by atoms with Gasteiger partial charge in [-0.15, -0.1) is 0 Å². The molecule has 0 aromatic heterocycles. The van der Waals surface area contributed by atoms with Gasteiger partial charge < -0.3 is 10.8 Å². The molecule has 0 aromatic carbocycles. The highest BCUT2D eigenvalue weighted by atomic mass is 16.3. The lowest BCUT2D eigenvalue weighted by molar-refractivity contribution is -0.0532. The summed E-state index contributed by atoms with van der Waals surface area (Å²) in [4.78, 5) is 0. The summed E-state index contributed by atoms with van der Waals surface area (Å²) in [6.07, 6.45) is 2.00. The van der Waals surface area contributed by atoms with Crippen molar-refractivity contribution in [3.8, 4) is 0 Å². The van der Waals surface area contributed by atoms with Gasteiger partial charge in [0.25, 0.3) is 0 Å². The van der Waals surface area contributed by atoms with E-state index in [9.17, 15) is 5.11 Å². The average molecular weight is 173 g/mol. The Labute approximate surface area is 76.2 Å². The van der Waals surface area contributed by atoms with E-state index in [2.05, 4.69) is 13.8 Å². The van der Waals surface area contributed by atoms with Crippen molar-refractivity contribution in [2.24, 2.45) is 17.6 Å². The lowest BCUT2D eigenvalue weighted by Gasteiger charge is -2.38. The maximum Gasteiger partial charge on any atom is 0.0819 e. The van der Waals surface area contributed by atoms with Gasteiger partial charge in [-0.1, -0.05) is 40.5 Å². The first-order valence-electron chi connectivity index (χ1n) is 4.95. The van der Waals surface area contributed by atoms with Gasteiger partial charge in [0.05, 0.1) is 5.60 Å². The first-order chi connectivity index (χ1) is 5.52. The van der Waals surface area contributed by atoms with Crippen molar-refractivity contribution in [1.29, 1.82) is 0 Å². The molecule has 0 saturated heterocycles. The molecule has 1 unspecified atom stereocenters. The Morgan fingerprint density at radius 2 is 1.67 bits per heavy atom. The van der Waals surface area contributed by atoms with E-state index < -0.39 is 5.60 Å². The highest BCUT2D eigenvalue weighted by molar-refractivity contribution is 4.88. The molecular weight excluding hydrogens is 150 g/mol. The molecule has 0 amide bonds. The predicted octanol–water partition coefficient (Wildman–Crippen LogP) is 1.77. The predicted molar refractivity (Wildman–Crippen MR) is 52.9 cm³/mol. The quantitative estimate of drug-likeness (QED) is 0.665. The van der Waals surface area contributed by atoms with Gasteiger partial charge in [-0.3, -0.25) is 0 Å². The molecule has 0 radical (unpaired) electrons. The van der Waals surface area contributed by atoms with E-state index in [1.54, 1.807) is 0 Å². The molecule has 0 heterocycles. The van der Waals surface area contributed by atoms with Crippen LogP contribution >= 0.6 is 0 Å². The van der Waals surface area contributed by atoms with Gasteiger partial charge in [0.2, 0.25) is 0 Å². The minimum atomic E-state index is -0.663. The Hall–Kier alpha value is -0.0800. The van der Waals surface area contributed by atoms with E-state index >= 15 is 0 Å². The summed E-state index contributed by atoms with van der Waals surface area (Å²) in [6.45, 7) is 8.65. The minimum Gasteiger partial charge on any atom is -0.388 e. The number of nitrogens with two attached hydrogens (primary N) is 1. The largest absolute Gasteiger partial charge is 0.388 e. The maximum atomic E-state index is 10.2. The van der Waals surface area contributed by atoms with E-state index in [1.807, 2.05) is 13.8 Å². The van der Waals surface area contributed by atoms with Gasteiger partial charge in [-0.2, -0.15) is 0 Å². The van der Waals surface area contributed by atoms with Crippen LogP contribution in [-0.2, 0) is 0 Å². The molecule has 0 aliphatic heterocycles. The van der Waals surface area contributed by atoms with Crippen LogP contribution < -0.4 is 5.73 Å². The summed E-state index contributed by atoms with van der Waals surface area (Å²) in [7, 11) is 0. The molecule has 0 aromatic rings. The number of rotatable bonds is 5. The zero-order valence-corrected chi connectivity index (χ0v) is 8.80. The Bertz CT molecular complexity index is 121. The van der Waals surface area contributed by atoms with Crippen LogP contribution in [0, 0.1) is 11.8 Å². The SMILES string of the molecule is CCC(CC)C(O)(CN)C(C)C. The number of hydrogen-bond acceptors (Lipinski definition) is 2. The van der Waals surface area contributed by atoms with Gasteiger partial charge in [0, 0.05) is 6.54 Å². The Morgan fingerprint density at radius 1 is 1.25 bits per heavy atom. The van der Waals surface area contributed by atoms with E-state index in [1.165, 1.54) is 0 Å². The molecule has 0 spiro atoms. The molecular formula is C10H23NO. The summed E-state index contributed by atoms with van der Waals surface area (Å²) in [5.41, 5.74) is 4.95. The van der Waals surface area contributed by atoms with Crippen LogP contribution in [-0.4, -0.2) is 17.3 Å². The number of aliphatic hydroxyl groups is 1. The molecule has 0 aliphatic carbocycles. The van der Waals surface area contributed by atoms with Crippen LogP contribution in [0.15, 0.2) is 0 Å². The standard InChI is InChI=1S/C10H23NO/c1-5-9(6-2)10(12,7-11)8(3)4/h8-9,12H,5-7,11H2,1-4H3. The third kappa shape index (κ3) is 2.20. The van der Waals surface area contributed by atoms with Crippen LogP contribution in [0.2, 0.25) is 0 Å². The summed E-state index contributed by atoms with van der Waals surface area (Å²) >= 11 is 0. The molecule has 0 bridgehead atoms. The second kappa shape index (κ2) is 4.83. The molecule has 2 nitrogen and oxygen atoms in total. The molecule has 0 aliphatic rings. The van der Waals surface area contributed by atoms with Crippen molar-refractivity contribution in [1.82, 2.24) is 0 Å². The molecule has 74 valence electrons. The Morgan fingerprint density at radius 3 is 1.75 bits per heavy atom. The lowest BCUT2D eigenvalue weighted by atomic mass is 9.76. The third-order valence-corrected chi connectivity index (χ3v) is 3.02. The van der Waals surface area contributed by atoms with E-state index in [4.69, 9.17) is 5.73 Å². The normalized spacial score (nSPS) is 17.0. The van der Waals surface area contributed by atoms with Crippen LogP contribution in [0.4, 0.5) is 0 Å². The van der Waals surface area contributed by atoms with Gasteiger partial charge in [-0.05, 0) is 11.8 Å². The molecule has 12 heavy (non-hydrogen) atoms. The molecule has 2 heteroatoms. The fourth-order valence-electron chi connectivity index (χ4n) is 1.87. The Kier molecular flexibility index (Phi) is 4.80. The summed E-state index contributed by atoms with van der Waals surface area (Å²) in [5, 5.41) is 10.2.